The molecule has 0 aromatic heterocycles. The van der Waals surface area contributed by atoms with E-state index >= 15 is 0 Å². The highest BCUT2D eigenvalue weighted by Gasteiger charge is 2.32. The summed E-state index contributed by atoms with van der Waals surface area (Å²) in [5.41, 5.74) is 1.41. The molecular formula is C20H20F3NO. The Bertz CT molecular complexity index is 764. The van der Waals surface area contributed by atoms with Crippen molar-refractivity contribution >= 4 is 11.8 Å². The lowest BCUT2D eigenvalue weighted by molar-refractivity contribution is -0.138. The van der Waals surface area contributed by atoms with Crippen LogP contribution in [0.3, 0.4) is 0 Å². The van der Waals surface area contributed by atoms with E-state index in [-0.39, 0.29) is 18.6 Å². The minimum Gasteiger partial charge on any atom is -0.493 e. The van der Waals surface area contributed by atoms with Crippen LogP contribution < -0.4 is 4.74 Å². The van der Waals surface area contributed by atoms with Crippen molar-refractivity contribution in [3.05, 3.63) is 71.4 Å². The zero-order valence-electron chi connectivity index (χ0n) is 14.2. The highest BCUT2D eigenvalue weighted by atomic mass is 19.4. The number of hydrogen-bond acceptors (Lipinski definition) is 2. The maximum Gasteiger partial charge on any atom is 0.416 e. The van der Waals surface area contributed by atoms with Crippen LogP contribution >= 0.6 is 0 Å². The van der Waals surface area contributed by atoms with Gasteiger partial charge in [-0.3, -0.25) is 4.99 Å². The number of alkyl halides is 3. The van der Waals surface area contributed by atoms with E-state index in [1.165, 1.54) is 12.1 Å². The number of halogens is 3. The van der Waals surface area contributed by atoms with Crippen LogP contribution in [-0.4, -0.2) is 12.8 Å². The predicted octanol–water partition coefficient (Wildman–Crippen LogP) is 5.78. The molecule has 0 atom stereocenters. The quantitative estimate of drug-likeness (QED) is 0.607. The van der Waals surface area contributed by atoms with Crippen molar-refractivity contribution in [3.8, 4) is 5.75 Å². The second kappa shape index (κ2) is 8.51. The van der Waals surface area contributed by atoms with E-state index in [4.69, 9.17) is 4.74 Å². The number of allylic oxidation sites excluding steroid dienone is 1. The molecule has 2 aromatic carbocycles. The van der Waals surface area contributed by atoms with Gasteiger partial charge in [-0.2, -0.15) is 13.2 Å². The van der Waals surface area contributed by atoms with Gasteiger partial charge < -0.3 is 4.74 Å². The molecule has 0 saturated heterocycles. The van der Waals surface area contributed by atoms with Gasteiger partial charge in [0.15, 0.2) is 0 Å². The second-order valence-electron chi connectivity index (χ2n) is 5.47. The van der Waals surface area contributed by atoms with Gasteiger partial charge in [0.1, 0.15) is 5.75 Å². The van der Waals surface area contributed by atoms with Crippen LogP contribution in [0, 0.1) is 0 Å². The van der Waals surface area contributed by atoms with Crippen molar-refractivity contribution < 1.29 is 17.9 Å². The Hall–Kier alpha value is -2.56. The fourth-order valence-electron chi connectivity index (χ4n) is 2.46. The van der Waals surface area contributed by atoms with Crippen LogP contribution in [0.15, 0.2) is 59.7 Å². The number of nitrogens with zero attached hydrogens (tertiary/aromatic N) is 1. The minimum absolute atomic E-state index is 0.161. The summed E-state index contributed by atoms with van der Waals surface area (Å²) in [5.74, 6) is 0.632. The van der Waals surface area contributed by atoms with Gasteiger partial charge in [-0.1, -0.05) is 36.4 Å². The fourth-order valence-corrected chi connectivity index (χ4v) is 2.46. The Balaban J connectivity index is 2.12. The van der Waals surface area contributed by atoms with Gasteiger partial charge in [0.05, 0.1) is 12.2 Å². The zero-order valence-corrected chi connectivity index (χ0v) is 14.2. The van der Waals surface area contributed by atoms with Gasteiger partial charge >= 0.3 is 6.18 Å². The molecule has 0 aliphatic rings. The average Bonchev–Trinajstić information content (AvgIpc) is 2.59. The Morgan fingerprint density at radius 2 is 1.76 bits per heavy atom. The van der Waals surface area contributed by atoms with Gasteiger partial charge in [-0.25, -0.2) is 0 Å². The van der Waals surface area contributed by atoms with E-state index in [1.807, 2.05) is 32.0 Å². The second-order valence-corrected chi connectivity index (χ2v) is 5.47. The molecule has 2 aromatic rings. The largest absolute Gasteiger partial charge is 0.493 e. The van der Waals surface area contributed by atoms with E-state index in [2.05, 4.69) is 4.99 Å². The summed E-state index contributed by atoms with van der Waals surface area (Å²) in [6.07, 6.45) is -0.770. The predicted molar refractivity (Wildman–Crippen MR) is 94.9 cm³/mol. The smallest absolute Gasteiger partial charge is 0.416 e. The van der Waals surface area contributed by atoms with E-state index in [1.54, 1.807) is 24.5 Å². The topological polar surface area (TPSA) is 21.6 Å². The van der Waals surface area contributed by atoms with Gasteiger partial charge in [0, 0.05) is 24.4 Å². The monoisotopic (exact) mass is 347 g/mol. The molecule has 2 nitrogen and oxygen atoms in total. The molecule has 0 aliphatic carbocycles. The molecule has 0 unspecified atom stereocenters. The number of rotatable bonds is 6. The third-order valence-corrected chi connectivity index (χ3v) is 3.68. The Kier molecular flexibility index (Phi) is 6.39. The molecule has 132 valence electrons. The van der Waals surface area contributed by atoms with Crippen molar-refractivity contribution in [3.63, 3.8) is 0 Å². The number of ether oxygens (including phenoxy) is 1. The average molecular weight is 347 g/mol. The summed E-state index contributed by atoms with van der Waals surface area (Å²) in [6, 6.07) is 13.0. The molecule has 0 N–H and O–H groups in total. The summed E-state index contributed by atoms with van der Waals surface area (Å²) in [6.45, 7) is 3.90. The van der Waals surface area contributed by atoms with Crippen LogP contribution in [0.2, 0.25) is 0 Å². The molecule has 5 heteroatoms. The molecular weight excluding hydrogens is 327 g/mol. The minimum atomic E-state index is -4.36. The van der Waals surface area contributed by atoms with E-state index in [0.29, 0.717) is 5.75 Å². The molecule has 2 rings (SSSR count). The van der Waals surface area contributed by atoms with Crippen molar-refractivity contribution in [2.45, 2.75) is 26.4 Å². The van der Waals surface area contributed by atoms with Crippen molar-refractivity contribution in [2.75, 3.05) is 6.61 Å². The third-order valence-electron chi connectivity index (χ3n) is 3.68. The molecule has 0 amide bonds. The van der Waals surface area contributed by atoms with Gasteiger partial charge in [-0.05, 0) is 37.1 Å². The molecule has 25 heavy (non-hydrogen) atoms. The van der Waals surface area contributed by atoms with Crippen LogP contribution in [0.25, 0.3) is 5.57 Å². The Morgan fingerprint density at radius 1 is 1.08 bits per heavy atom. The van der Waals surface area contributed by atoms with Gasteiger partial charge in [-0.15, -0.1) is 0 Å². The van der Waals surface area contributed by atoms with E-state index < -0.39 is 11.7 Å². The Morgan fingerprint density at radius 3 is 2.48 bits per heavy atom. The van der Waals surface area contributed by atoms with Crippen molar-refractivity contribution in [2.24, 2.45) is 4.99 Å². The summed E-state index contributed by atoms with van der Waals surface area (Å²) in [4.78, 5) is 4.09. The molecule has 0 bridgehead atoms. The lowest BCUT2D eigenvalue weighted by Gasteiger charge is -2.14. The SMILES string of the molecule is CC=N/C=C(\C)c1ccccc1OCCc1ccccc1C(F)(F)F. The van der Waals surface area contributed by atoms with Crippen LogP contribution in [0.1, 0.15) is 30.5 Å². The van der Waals surface area contributed by atoms with Crippen LogP contribution in [-0.2, 0) is 12.6 Å². The van der Waals surface area contributed by atoms with Crippen LogP contribution in [0.4, 0.5) is 13.2 Å². The first-order chi connectivity index (χ1) is 11.9. The first kappa shape index (κ1) is 18.8. The lowest BCUT2D eigenvalue weighted by atomic mass is 10.0. The number of benzene rings is 2. The summed E-state index contributed by atoms with van der Waals surface area (Å²) in [7, 11) is 0. The Labute approximate surface area is 145 Å². The third kappa shape index (κ3) is 5.21. The fraction of sp³-hybridized carbons (Fsp3) is 0.250. The first-order valence-electron chi connectivity index (χ1n) is 7.95. The van der Waals surface area contributed by atoms with E-state index in [0.717, 1.165) is 17.2 Å². The lowest BCUT2D eigenvalue weighted by Crippen LogP contribution is -2.11. The number of aliphatic imine (C=N–C) groups is 1. The van der Waals surface area contributed by atoms with Gasteiger partial charge in [0.25, 0.3) is 0 Å². The van der Waals surface area contributed by atoms with E-state index in [9.17, 15) is 13.2 Å². The van der Waals surface area contributed by atoms with Crippen molar-refractivity contribution in [1.82, 2.24) is 0 Å². The normalized spacial score (nSPS) is 12.6. The molecule has 0 fully saturated rings. The molecule has 0 aliphatic heterocycles. The summed E-state index contributed by atoms with van der Waals surface area (Å²) < 4.78 is 44.8. The van der Waals surface area contributed by atoms with Crippen LogP contribution in [0.5, 0.6) is 5.75 Å². The number of hydrogen-bond donors (Lipinski definition) is 0. The maximum absolute atomic E-state index is 13.0. The highest BCUT2D eigenvalue weighted by molar-refractivity contribution is 5.70. The molecule has 0 saturated carbocycles. The molecule has 0 heterocycles. The van der Waals surface area contributed by atoms with Gasteiger partial charge in [0.2, 0.25) is 0 Å². The highest BCUT2D eigenvalue weighted by Crippen LogP contribution is 2.32. The standard InChI is InChI=1S/C20H20F3NO/c1-3-24-14-15(2)17-9-5-7-11-19(17)25-13-12-16-8-4-6-10-18(16)20(21,22)23/h3-11,14H,12-13H2,1-2H3/b15-14+,24-3?. The summed E-state index contributed by atoms with van der Waals surface area (Å²) in [5, 5.41) is 0. The zero-order chi connectivity index (χ0) is 18.3. The first-order valence-corrected chi connectivity index (χ1v) is 7.95. The maximum atomic E-state index is 13.0. The molecule has 0 spiro atoms. The molecule has 0 radical (unpaired) electrons. The van der Waals surface area contributed by atoms with Crippen molar-refractivity contribution in [1.29, 1.82) is 0 Å². The number of para-hydroxylation sites is 1. The summed E-state index contributed by atoms with van der Waals surface area (Å²) >= 11 is 0.